The van der Waals surface area contributed by atoms with E-state index in [-0.39, 0.29) is 29.5 Å². The van der Waals surface area contributed by atoms with Gasteiger partial charge in [-0.1, -0.05) is 38.1 Å². The van der Waals surface area contributed by atoms with Crippen LogP contribution in [0.5, 0.6) is 5.75 Å². The predicted molar refractivity (Wildman–Crippen MR) is 101 cm³/mol. The summed E-state index contributed by atoms with van der Waals surface area (Å²) in [6.07, 6.45) is 0.739. The molecule has 1 aliphatic heterocycles. The van der Waals surface area contributed by atoms with Crippen molar-refractivity contribution in [2.45, 2.75) is 32.7 Å². The number of rotatable bonds is 6. The van der Waals surface area contributed by atoms with E-state index in [4.69, 9.17) is 0 Å². The van der Waals surface area contributed by atoms with Crippen LogP contribution in [0, 0.1) is 5.92 Å². The molecule has 1 atom stereocenters. The van der Waals surface area contributed by atoms with Gasteiger partial charge in [-0.15, -0.1) is 0 Å². The van der Waals surface area contributed by atoms with Crippen LogP contribution in [0.1, 0.15) is 37.0 Å². The molecule has 27 heavy (non-hydrogen) atoms. The zero-order valence-electron chi connectivity index (χ0n) is 15.4. The number of carbonyl (C=O) groups is 3. The Hall–Kier alpha value is -2.93. The molecule has 0 saturated carbocycles. The molecule has 7 heteroatoms. The van der Waals surface area contributed by atoms with Crippen molar-refractivity contribution >= 4 is 28.5 Å². The molecule has 7 nitrogen and oxygen atoms in total. The number of carbonyl (C=O) groups excluding carboxylic acids is 3. The van der Waals surface area contributed by atoms with Gasteiger partial charge in [0, 0.05) is 6.54 Å². The fourth-order valence-electron chi connectivity index (χ4n) is 3.05. The number of benzene rings is 2. The molecule has 1 aliphatic rings. The number of imide groups is 1. The molecule has 0 bridgehead atoms. The second-order valence-corrected chi connectivity index (χ2v) is 7.14. The van der Waals surface area contributed by atoms with E-state index in [9.17, 15) is 19.5 Å². The van der Waals surface area contributed by atoms with E-state index in [1.54, 1.807) is 6.07 Å². The average molecular weight is 369 g/mol. The Morgan fingerprint density at radius 2 is 1.89 bits per heavy atom. The monoisotopic (exact) mass is 369 g/mol. The number of phenolic OH excluding ortho intramolecular Hbond substituents is 1. The molecule has 2 aromatic rings. The van der Waals surface area contributed by atoms with Gasteiger partial charge in [-0.3, -0.25) is 24.7 Å². The lowest BCUT2D eigenvalue weighted by Crippen LogP contribution is -2.48. The summed E-state index contributed by atoms with van der Waals surface area (Å²) in [5.41, 5.74) is 5.16. The molecule has 0 aliphatic carbocycles. The number of amides is 3. The number of nitrogens with zero attached hydrogens (tertiary/aromatic N) is 1. The lowest BCUT2D eigenvalue weighted by molar-refractivity contribution is -0.139. The SMILES string of the molecule is CC(C)CCN1C(=O)CC(NNC(=O)c2cc3ccccc3cc2O)C1=O. The number of hydrogen-bond acceptors (Lipinski definition) is 5. The largest absolute Gasteiger partial charge is 0.507 e. The maximum absolute atomic E-state index is 12.4. The van der Waals surface area contributed by atoms with Gasteiger partial charge in [-0.05, 0) is 35.2 Å². The van der Waals surface area contributed by atoms with Gasteiger partial charge in [-0.2, -0.15) is 0 Å². The highest BCUT2D eigenvalue weighted by Gasteiger charge is 2.38. The second-order valence-electron chi connectivity index (χ2n) is 7.14. The first-order valence-electron chi connectivity index (χ1n) is 8.98. The topological polar surface area (TPSA) is 98.7 Å². The molecule has 1 fully saturated rings. The molecule has 0 radical (unpaired) electrons. The number of likely N-dealkylation sites (tertiary alicyclic amines) is 1. The number of hydrogen-bond donors (Lipinski definition) is 3. The maximum Gasteiger partial charge on any atom is 0.269 e. The summed E-state index contributed by atoms with van der Waals surface area (Å²) in [4.78, 5) is 38.0. The Labute approximate surface area is 157 Å². The highest BCUT2D eigenvalue weighted by atomic mass is 16.3. The van der Waals surface area contributed by atoms with Crippen molar-refractivity contribution < 1.29 is 19.5 Å². The molecule has 1 saturated heterocycles. The molecule has 0 aromatic heterocycles. The molecule has 3 rings (SSSR count). The Morgan fingerprint density at radius 3 is 2.56 bits per heavy atom. The number of hydrazine groups is 1. The van der Waals surface area contributed by atoms with Gasteiger partial charge >= 0.3 is 0 Å². The van der Waals surface area contributed by atoms with Crippen LogP contribution in [0.15, 0.2) is 36.4 Å². The van der Waals surface area contributed by atoms with Crippen LogP contribution in [0.3, 0.4) is 0 Å². The number of aromatic hydroxyl groups is 1. The Morgan fingerprint density at radius 1 is 1.22 bits per heavy atom. The molecule has 142 valence electrons. The van der Waals surface area contributed by atoms with Crippen LogP contribution < -0.4 is 10.9 Å². The number of fused-ring (bicyclic) bond motifs is 1. The van der Waals surface area contributed by atoms with E-state index in [0.717, 1.165) is 17.2 Å². The van der Waals surface area contributed by atoms with Crippen molar-refractivity contribution in [2.24, 2.45) is 5.92 Å². The highest BCUT2D eigenvalue weighted by molar-refractivity contribution is 6.06. The summed E-state index contributed by atoms with van der Waals surface area (Å²) < 4.78 is 0. The standard InChI is InChI=1S/C20H23N3O4/c1-12(2)7-8-23-18(25)11-16(20(23)27)21-22-19(26)15-9-13-5-3-4-6-14(13)10-17(15)24/h3-6,9-10,12,16,21,24H,7-8,11H2,1-2H3,(H,22,26). The van der Waals surface area contributed by atoms with Gasteiger partial charge in [0.25, 0.3) is 5.91 Å². The van der Waals surface area contributed by atoms with Crippen LogP contribution in [-0.2, 0) is 9.59 Å². The minimum absolute atomic E-state index is 0.000904. The van der Waals surface area contributed by atoms with Gasteiger partial charge in [0.15, 0.2) is 0 Å². The van der Waals surface area contributed by atoms with Crippen LogP contribution in [0.2, 0.25) is 0 Å². The van der Waals surface area contributed by atoms with Gasteiger partial charge in [0.05, 0.1) is 12.0 Å². The zero-order valence-corrected chi connectivity index (χ0v) is 15.4. The van der Waals surface area contributed by atoms with E-state index < -0.39 is 11.9 Å². The highest BCUT2D eigenvalue weighted by Crippen LogP contribution is 2.24. The van der Waals surface area contributed by atoms with Gasteiger partial charge in [0.1, 0.15) is 11.8 Å². The van der Waals surface area contributed by atoms with E-state index in [0.29, 0.717) is 12.5 Å². The van der Waals surface area contributed by atoms with Crippen LogP contribution >= 0.6 is 0 Å². The third-order valence-corrected chi connectivity index (χ3v) is 4.64. The van der Waals surface area contributed by atoms with Crippen LogP contribution in [0.4, 0.5) is 0 Å². The zero-order chi connectivity index (χ0) is 19.6. The number of nitrogens with one attached hydrogen (secondary N) is 2. The van der Waals surface area contributed by atoms with E-state index in [2.05, 4.69) is 10.9 Å². The van der Waals surface area contributed by atoms with E-state index in [1.807, 2.05) is 38.1 Å². The molecule has 0 spiro atoms. The smallest absolute Gasteiger partial charge is 0.269 e. The quantitative estimate of drug-likeness (QED) is 0.534. The van der Waals surface area contributed by atoms with Gasteiger partial charge in [-0.25, -0.2) is 5.43 Å². The summed E-state index contributed by atoms with van der Waals surface area (Å²) in [5, 5.41) is 11.7. The van der Waals surface area contributed by atoms with Crippen molar-refractivity contribution in [3.05, 3.63) is 42.0 Å². The van der Waals surface area contributed by atoms with E-state index in [1.165, 1.54) is 11.0 Å². The van der Waals surface area contributed by atoms with Crippen molar-refractivity contribution in [1.82, 2.24) is 15.8 Å². The fraction of sp³-hybridized carbons (Fsp3) is 0.350. The van der Waals surface area contributed by atoms with Gasteiger partial charge < -0.3 is 5.11 Å². The van der Waals surface area contributed by atoms with Crippen LogP contribution in [0.25, 0.3) is 10.8 Å². The van der Waals surface area contributed by atoms with Crippen molar-refractivity contribution in [1.29, 1.82) is 0 Å². The van der Waals surface area contributed by atoms with E-state index >= 15 is 0 Å². The molecular formula is C20H23N3O4. The van der Waals surface area contributed by atoms with Crippen molar-refractivity contribution in [2.75, 3.05) is 6.54 Å². The lowest BCUT2D eigenvalue weighted by atomic mass is 10.1. The minimum Gasteiger partial charge on any atom is -0.507 e. The predicted octanol–water partition coefficient (Wildman–Crippen LogP) is 1.95. The third-order valence-electron chi connectivity index (χ3n) is 4.64. The Balaban J connectivity index is 1.65. The molecule has 1 unspecified atom stereocenters. The average Bonchev–Trinajstić information content (AvgIpc) is 2.90. The second kappa shape index (κ2) is 7.75. The number of phenols is 1. The fourth-order valence-corrected chi connectivity index (χ4v) is 3.05. The third kappa shape index (κ3) is 4.09. The lowest BCUT2D eigenvalue weighted by Gasteiger charge is -2.17. The molecule has 2 aromatic carbocycles. The van der Waals surface area contributed by atoms with Gasteiger partial charge in [0.2, 0.25) is 11.8 Å². The van der Waals surface area contributed by atoms with Crippen LogP contribution in [-0.4, -0.2) is 40.3 Å². The summed E-state index contributed by atoms with van der Waals surface area (Å²) >= 11 is 0. The summed E-state index contributed by atoms with van der Waals surface area (Å²) in [5.74, 6) is -0.933. The summed E-state index contributed by atoms with van der Waals surface area (Å²) in [6, 6.07) is 9.66. The molecule has 1 heterocycles. The Bertz CT molecular complexity index is 894. The Kier molecular flexibility index (Phi) is 5.41. The minimum atomic E-state index is -0.795. The molecule has 3 N–H and O–H groups in total. The first-order chi connectivity index (χ1) is 12.9. The van der Waals surface area contributed by atoms with Crippen molar-refractivity contribution in [3.63, 3.8) is 0 Å². The summed E-state index contributed by atoms with van der Waals surface area (Å²) in [7, 11) is 0. The molecule has 3 amide bonds. The summed E-state index contributed by atoms with van der Waals surface area (Å²) in [6.45, 7) is 4.43. The first-order valence-corrected chi connectivity index (χ1v) is 8.98. The first kappa shape index (κ1) is 18.8. The van der Waals surface area contributed by atoms with Crippen molar-refractivity contribution in [3.8, 4) is 5.75 Å². The maximum atomic E-state index is 12.4. The molecular weight excluding hydrogens is 346 g/mol. The normalized spacial score (nSPS) is 17.1.